The van der Waals surface area contributed by atoms with E-state index in [1.54, 1.807) is 10.9 Å². The Labute approximate surface area is 152 Å². The van der Waals surface area contributed by atoms with Gasteiger partial charge in [0.25, 0.3) is 5.56 Å². The summed E-state index contributed by atoms with van der Waals surface area (Å²) in [5, 5.41) is 3.23. The van der Waals surface area contributed by atoms with Crippen LogP contribution in [0.4, 0.5) is 5.69 Å². The van der Waals surface area contributed by atoms with Gasteiger partial charge in [-0.15, -0.1) is 0 Å². The highest BCUT2D eigenvalue weighted by Gasteiger charge is 2.23. The van der Waals surface area contributed by atoms with Gasteiger partial charge in [0.2, 0.25) is 0 Å². The van der Waals surface area contributed by atoms with Crippen LogP contribution in [0.3, 0.4) is 0 Å². The quantitative estimate of drug-likeness (QED) is 0.784. The number of nitrogens with zero attached hydrogens (tertiary/aromatic N) is 4. The molecule has 1 N–H and O–H groups in total. The van der Waals surface area contributed by atoms with E-state index < -0.39 is 0 Å². The molecule has 6 nitrogen and oxygen atoms in total. The van der Waals surface area contributed by atoms with Crippen LogP contribution in [0.5, 0.6) is 0 Å². The zero-order valence-corrected chi connectivity index (χ0v) is 15.1. The lowest BCUT2D eigenvalue weighted by molar-refractivity contribution is 0.244. The molecule has 6 heteroatoms. The van der Waals surface area contributed by atoms with Gasteiger partial charge in [-0.05, 0) is 29.8 Å². The van der Waals surface area contributed by atoms with Gasteiger partial charge in [0.1, 0.15) is 0 Å². The molecule has 0 unspecified atom stereocenters. The SMILES string of the molecule is CN(C)c1ccc(CN2CCc3[nH]n(-c4ccccn4)c(=O)c3C2)cc1. The molecule has 1 aliphatic rings. The van der Waals surface area contributed by atoms with Crippen molar-refractivity contribution in [2.75, 3.05) is 25.5 Å². The summed E-state index contributed by atoms with van der Waals surface area (Å²) in [6, 6.07) is 14.2. The van der Waals surface area contributed by atoms with Crippen molar-refractivity contribution < 1.29 is 0 Å². The van der Waals surface area contributed by atoms with Crippen LogP contribution in [0.15, 0.2) is 53.5 Å². The molecule has 4 rings (SSSR count). The molecule has 0 bridgehead atoms. The Morgan fingerprint density at radius 2 is 1.96 bits per heavy atom. The first-order valence-corrected chi connectivity index (χ1v) is 8.84. The average Bonchev–Trinajstić information content (AvgIpc) is 2.99. The van der Waals surface area contributed by atoms with Gasteiger partial charge in [0, 0.05) is 57.7 Å². The van der Waals surface area contributed by atoms with Gasteiger partial charge in [-0.25, -0.2) is 9.67 Å². The van der Waals surface area contributed by atoms with E-state index in [1.165, 1.54) is 11.3 Å². The number of benzene rings is 1. The number of hydrogen-bond donors (Lipinski definition) is 1. The molecule has 0 spiro atoms. The van der Waals surface area contributed by atoms with E-state index in [0.717, 1.165) is 30.8 Å². The van der Waals surface area contributed by atoms with Crippen LogP contribution in [0.1, 0.15) is 16.8 Å². The Bertz CT molecular complexity index is 941. The second-order valence-corrected chi connectivity index (χ2v) is 6.92. The minimum atomic E-state index is 0.00588. The normalized spacial score (nSPS) is 14.2. The predicted octanol–water partition coefficient (Wildman–Crippen LogP) is 2.18. The Kier molecular flexibility index (Phi) is 4.34. The molecule has 0 saturated heterocycles. The lowest BCUT2D eigenvalue weighted by Gasteiger charge is -2.26. The summed E-state index contributed by atoms with van der Waals surface area (Å²) in [6.45, 7) is 2.45. The van der Waals surface area contributed by atoms with E-state index >= 15 is 0 Å². The topological polar surface area (TPSA) is 57.2 Å². The molecule has 0 aliphatic carbocycles. The molecule has 0 saturated carbocycles. The number of nitrogens with one attached hydrogen (secondary N) is 1. The van der Waals surface area contributed by atoms with E-state index in [4.69, 9.17) is 0 Å². The van der Waals surface area contributed by atoms with Crippen molar-refractivity contribution >= 4 is 5.69 Å². The number of aromatic amines is 1. The predicted molar refractivity (Wildman–Crippen MR) is 103 cm³/mol. The Hall–Kier alpha value is -2.86. The van der Waals surface area contributed by atoms with Crippen molar-refractivity contribution in [2.24, 2.45) is 0 Å². The van der Waals surface area contributed by atoms with E-state index in [9.17, 15) is 4.79 Å². The molecule has 1 aromatic carbocycles. The van der Waals surface area contributed by atoms with Crippen LogP contribution in [0.2, 0.25) is 0 Å². The first-order valence-electron chi connectivity index (χ1n) is 8.84. The summed E-state index contributed by atoms with van der Waals surface area (Å²) in [5.74, 6) is 0.637. The van der Waals surface area contributed by atoms with Crippen LogP contribution in [0.25, 0.3) is 5.82 Å². The minimum Gasteiger partial charge on any atom is -0.378 e. The summed E-state index contributed by atoms with van der Waals surface area (Å²) in [6.07, 6.45) is 2.55. The van der Waals surface area contributed by atoms with E-state index in [0.29, 0.717) is 12.4 Å². The molecule has 0 radical (unpaired) electrons. The standard InChI is InChI=1S/C20H23N5O/c1-23(2)16-8-6-15(7-9-16)13-24-12-10-18-17(14-24)20(26)25(22-18)19-5-3-4-11-21-19/h3-9,11,22H,10,12-14H2,1-2H3. The third-order valence-electron chi connectivity index (χ3n) is 4.87. The van der Waals surface area contributed by atoms with Gasteiger partial charge < -0.3 is 4.90 Å². The van der Waals surface area contributed by atoms with Gasteiger partial charge in [-0.1, -0.05) is 18.2 Å². The number of rotatable bonds is 4. The van der Waals surface area contributed by atoms with E-state index in [-0.39, 0.29) is 5.56 Å². The number of anilines is 1. The summed E-state index contributed by atoms with van der Waals surface area (Å²) < 4.78 is 1.56. The van der Waals surface area contributed by atoms with Crippen molar-refractivity contribution in [2.45, 2.75) is 19.5 Å². The maximum absolute atomic E-state index is 12.8. The first kappa shape index (κ1) is 16.6. The van der Waals surface area contributed by atoms with Crippen LogP contribution < -0.4 is 10.5 Å². The number of pyridine rings is 1. The number of H-pyrrole nitrogens is 1. The van der Waals surface area contributed by atoms with Crippen LogP contribution in [0, 0.1) is 0 Å². The molecule has 0 atom stereocenters. The van der Waals surface area contributed by atoms with E-state index in [2.05, 4.69) is 44.1 Å². The van der Waals surface area contributed by atoms with Crippen molar-refractivity contribution in [1.82, 2.24) is 19.7 Å². The highest BCUT2D eigenvalue weighted by atomic mass is 16.1. The molecule has 2 aromatic heterocycles. The summed E-state index contributed by atoms with van der Waals surface area (Å²) in [7, 11) is 4.08. The van der Waals surface area contributed by atoms with Gasteiger partial charge in [-0.2, -0.15) is 0 Å². The van der Waals surface area contributed by atoms with Crippen LogP contribution in [-0.2, 0) is 19.5 Å². The Morgan fingerprint density at radius 3 is 2.65 bits per heavy atom. The van der Waals surface area contributed by atoms with Crippen molar-refractivity contribution in [3.8, 4) is 5.82 Å². The van der Waals surface area contributed by atoms with Crippen molar-refractivity contribution in [3.63, 3.8) is 0 Å². The lowest BCUT2D eigenvalue weighted by atomic mass is 10.1. The molecular weight excluding hydrogens is 326 g/mol. The van der Waals surface area contributed by atoms with Crippen molar-refractivity contribution in [1.29, 1.82) is 0 Å². The monoisotopic (exact) mass is 349 g/mol. The highest BCUT2D eigenvalue weighted by molar-refractivity contribution is 5.46. The lowest BCUT2D eigenvalue weighted by Crippen LogP contribution is -2.32. The molecular formula is C20H23N5O. The molecule has 3 heterocycles. The minimum absolute atomic E-state index is 0.00588. The fourth-order valence-electron chi connectivity index (χ4n) is 3.40. The number of aromatic nitrogens is 3. The molecule has 0 fully saturated rings. The van der Waals surface area contributed by atoms with Gasteiger partial charge in [0.05, 0.1) is 5.56 Å². The zero-order valence-electron chi connectivity index (χ0n) is 15.1. The number of hydrogen-bond acceptors (Lipinski definition) is 4. The zero-order chi connectivity index (χ0) is 18.1. The molecule has 3 aromatic rings. The molecule has 26 heavy (non-hydrogen) atoms. The molecule has 1 aliphatic heterocycles. The fraction of sp³-hybridized carbons (Fsp3) is 0.300. The Morgan fingerprint density at radius 1 is 1.15 bits per heavy atom. The summed E-state index contributed by atoms with van der Waals surface area (Å²) in [5.41, 5.74) is 4.34. The van der Waals surface area contributed by atoms with Gasteiger partial charge in [-0.3, -0.25) is 14.8 Å². The Balaban J connectivity index is 1.53. The highest BCUT2D eigenvalue weighted by Crippen LogP contribution is 2.19. The average molecular weight is 349 g/mol. The second kappa shape index (κ2) is 6.80. The third kappa shape index (κ3) is 3.15. The molecule has 134 valence electrons. The van der Waals surface area contributed by atoms with Crippen LogP contribution >= 0.6 is 0 Å². The first-order chi connectivity index (χ1) is 12.6. The maximum Gasteiger partial charge on any atom is 0.277 e. The largest absolute Gasteiger partial charge is 0.378 e. The summed E-state index contributed by atoms with van der Waals surface area (Å²) in [4.78, 5) is 21.5. The third-order valence-corrected chi connectivity index (χ3v) is 4.87. The number of fused-ring (bicyclic) bond motifs is 1. The summed E-state index contributed by atoms with van der Waals surface area (Å²) >= 11 is 0. The fourth-order valence-corrected chi connectivity index (χ4v) is 3.40. The van der Waals surface area contributed by atoms with Gasteiger partial charge >= 0.3 is 0 Å². The smallest absolute Gasteiger partial charge is 0.277 e. The van der Waals surface area contributed by atoms with E-state index in [1.807, 2.05) is 32.3 Å². The molecule has 0 amide bonds. The van der Waals surface area contributed by atoms with Gasteiger partial charge in [0.15, 0.2) is 5.82 Å². The van der Waals surface area contributed by atoms with Crippen molar-refractivity contribution in [3.05, 3.63) is 75.8 Å². The second-order valence-electron chi connectivity index (χ2n) is 6.92. The maximum atomic E-state index is 12.8. The van der Waals surface area contributed by atoms with Crippen LogP contribution in [-0.4, -0.2) is 40.3 Å².